The lowest BCUT2D eigenvalue weighted by Gasteiger charge is -2.11. The third-order valence-electron chi connectivity index (χ3n) is 3.59. The highest BCUT2D eigenvalue weighted by Gasteiger charge is 2.30. The van der Waals surface area contributed by atoms with Crippen molar-refractivity contribution in [3.05, 3.63) is 53.6 Å². The fraction of sp³-hybridized carbons (Fsp3) is 0.176. The first kappa shape index (κ1) is 14.9. The number of aromatic hydroxyl groups is 2. The van der Waals surface area contributed by atoms with Gasteiger partial charge in [-0.3, -0.25) is 4.79 Å². The van der Waals surface area contributed by atoms with Crippen molar-refractivity contribution in [1.82, 2.24) is 0 Å². The number of phenolic OH excluding ortho intramolecular Hbond substituents is 2. The molecule has 2 aromatic rings. The maximum absolute atomic E-state index is 12.3. The SMILES string of the molecule is Cc1ccc(O)c(NC(=O)[C@H]2CC(c3ccccc3O)=NO2)c1. The Bertz CT molecular complexity index is 786. The number of phenols is 2. The minimum absolute atomic E-state index is 0.0104. The van der Waals surface area contributed by atoms with Gasteiger partial charge in [-0.15, -0.1) is 0 Å². The fourth-order valence-corrected chi connectivity index (χ4v) is 2.36. The zero-order valence-corrected chi connectivity index (χ0v) is 12.5. The monoisotopic (exact) mass is 312 g/mol. The molecule has 3 N–H and O–H groups in total. The van der Waals surface area contributed by atoms with E-state index in [1.807, 2.05) is 6.92 Å². The van der Waals surface area contributed by atoms with Gasteiger partial charge in [-0.2, -0.15) is 0 Å². The molecule has 0 aromatic heterocycles. The number of para-hydroxylation sites is 1. The van der Waals surface area contributed by atoms with Crippen LogP contribution in [0.5, 0.6) is 11.5 Å². The van der Waals surface area contributed by atoms with Crippen molar-refractivity contribution in [2.75, 3.05) is 5.32 Å². The number of aryl methyl sites for hydroxylation is 1. The number of benzene rings is 2. The molecule has 0 spiro atoms. The lowest BCUT2D eigenvalue weighted by molar-refractivity contribution is -0.125. The fourth-order valence-electron chi connectivity index (χ4n) is 2.36. The summed E-state index contributed by atoms with van der Waals surface area (Å²) in [7, 11) is 0. The summed E-state index contributed by atoms with van der Waals surface area (Å²) < 4.78 is 0. The molecule has 0 saturated carbocycles. The van der Waals surface area contributed by atoms with Gasteiger partial charge in [0.25, 0.3) is 5.91 Å². The van der Waals surface area contributed by atoms with Crippen molar-refractivity contribution in [2.24, 2.45) is 5.16 Å². The van der Waals surface area contributed by atoms with Crippen molar-refractivity contribution >= 4 is 17.3 Å². The Morgan fingerprint density at radius 3 is 2.78 bits per heavy atom. The van der Waals surface area contributed by atoms with E-state index < -0.39 is 12.0 Å². The van der Waals surface area contributed by atoms with Crippen molar-refractivity contribution in [2.45, 2.75) is 19.4 Å². The number of anilines is 1. The highest BCUT2D eigenvalue weighted by molar-refractivity contribution is 6.07. The normalized spacial score (nSPS) is 16.6. The van der Waals surface area contributed by atoms with E-state index in [1.54, 1.807) is 36.4 Å². The molecular formula is C17H16N2O4. The summed E-state index contributed by atoms with van der Waals surface area (Å²) in [6.07, 6.45) is -0.555. The number of hydrogen-bond donors (Lipinski definition) is 3. The Labute approximate surface area is 133 Å². The number of nitrogens with one attached hydrogen (secondary N) is 1. The molecule has 6 nitrogen and oxygen atoms in total. The predicted molar refractivity (Wildman–Crippen MR) is 85.6 cm³/mol. The molecule has 1 heterocycles. The van der Waals surface area contributed by atoms with Crippen LogP contribution in [0.3, 0.4) is 0 Å². The van der Waals surface area contributed by atoms with E-state index >= 15 is 0 Å². The number of amides is 1. The van der Waals surface area contributed by atoms with E-state index in [2.05, 4.69) is 10.5 Å². The first-order valence-electron chi connectivity index (χ1n) is 7.16. The lowest BCUT2D eigenvalue weighted by Crippen LogP contribution is -2.28. The Hall–Kier alpha value is -3.02. The summed E-state index contributed by atoms with van der Waals surface area (Å²) in [6, 6.07) is 11.7. The van der Waals surface area contributed by atoms with Crippen LogP contribution in [0.1, 0.15) is 17.5 Å². The molecule has 2 aromatic carbocycles. The van der Waals surface area contributed by atoms with E-state index in [-0.39, 0.29) is 17.9 Å². The van der Waals surface area contributed by atoms with Gasteiger partial charge in [-0.1, -0.05) is 23.4 Å². The summed E-state index contributed by atoms with van der Waals surface area (Å²) >= 11 is 0. The van der Waals surface area contributed by atoms with Crippen LogP contribution in [0, 0.1) is 6.92 Å². The number of carbonyl (C=O) groups excluding carboxylic acids is 1. The molecule has 0 saturated heterocycles. The summed E-state index contributed by atoms with van der Waals surface area (Å²) in [6.45, 7) is 1.86. The second-order valence-corrected chi connectivity index (χ2v) is 5.36. The predicted octanol–water partition coefficient (Wildman–Crippen LogP) is 2.54. The molecule has 3 rings (SSSR count). The first-order valence-corrected chi connectivity index (χ1v) is 7.16. The number of oxime groups is 1. The van der Waals surface area contributed by atoms with Crippen LogP contribution in [0.15, 0.2) is 47.6 Å². The second kappa shape index (κ2) is 6.00. The average Bonchev–Trinajstić information content (AvgIpc) is 3.01. The van der Waals surface area contributed by atoms with Crippen molar-refractivity contribution < 1.29 is 19.8 Å². The van der Waals surface area contributed by atoms with E-state index in [1.165, 1.54) is 6.07 Å². The average molecular weight is 312 g/mol. The quantitative estimate of drug-likeness (QED) is 0.760. The molecule has 118 valence electrons. The topological polar surface area (TPSA) is 91.2 Å². The highest BCUT2D eigenvalue weighted by atomic mass is 16.6. The smallest absolute Gasteiger partial charge is 0.268 e. The lowest BCUT2D eigenvalue weighted by atomic mass is 10.0. The molecule has 1 aliphatic heterocycles. The van der Waals surface area contributed by atoms with Gasteiger partial charge in [0.2, 0.25) is 6.10 Å². The molecule has 1 atom stereocenters. The van der Waals surface area contributed by atoms with Gasteiger partial charge < -0.3 is 20.4 Å². The molecule has 23 heavy (non-hydrogen) atoms. The molecule has 0 radical (unpaired) electrons. The maximum Gasteiger partial charge on any atom is 0.268 e. The van der Waals surface area contributed by atoms with Crippen molar-refractivity contribution in [1.29, 1.82) is 0 Å². The first-order chi connectivity index (χ1) is 11.0. The van der Waals surface area contributed by atoms with Crippen LogP contribution >= 0.6 is 0 Å². The van der Waals surface area contributed by atoms with Crippen LogP contribution in [0.25, 0.3) is 0 Å². The van der Waals surface area contributed by atoms with Crippen LogP contribution in [0.4, 0.5) is 5.69 Å². The Balaban J connectivity index is 1.69. The van der Waals surface area contributed by atoms with Crippen LogP contribution in [0.2, 0.25) is 0 Å². The highest BCUT2D eigenvalue weighted by Crippen LogP contribution is 2.27. The van der Waals surface area contributed by atoms with Gasteiger partial charge >= 0.3 is 0 Å². The van der Waals surface area contributed by atoms with Crippen LogP contribution in [-0.2, 0) is 9.63 Å². The van der Waals surface area contributed by atoms with Gasteiger partial charge in [-0.25, -0.2) is 0 Å². The van der Waals surface area contributed by atoms with Gasteiger partial charge in [0.1, 0.15) is 11.5 Å². The van der Waals surface area contributed by atoms with E-state index in [0.29, 0.717) is 17.0 Å². The second-order valence-electron chi connectivity index (χ2n) is 5.36. The summed E-state index contributed by atoms with van der Waals surface area (Å²) in [5.41, 5.74) is 2.30. The molecule has 0 unspecified atom stereocenters. The number of hydrogen-bond acceptors (Lipinski definition) is 5. The maximum atomic E-state index is 12.3. The molecule has 0 bridgehead atoms. The third kappa shape index (κ3) is 3.11. The molecular weight excluding hydrogens is 296 g/mol. The van der Waals surface area contributed by atoms with E-state index in [0.717, 1.165) is 5.56 Å². The molecule has 0 aliphatic carbocycles. The number of rotatable bonds is 3. The molecule has 1 amide bonds. The molecule has 6 heteroatoms. The largest absolute Gasteiger partial charge is 0.507 e. The van der Waals surface area contributed by atoms with Gasteiger partial charge in [0.15, 0.2) is 0 Å². The molecule has 0 fully saturated rings. The zero-order valence-electron chi connectivity index (χ0n) is 12.5. The standard InChI is InChI=1S/C17H16N2O4/c1-10-6-7-15(21)13(8-10)18-17(22)16-9-12(19-23-16)11-4-2-3-5-14(11)20/h2-8,16,20-21H,9H2,1H3,(H,18,22)/t16-/m1/s1. The van der Waals surface area contributed by atoms with Gasteiger partial charge in [0.05, 0.1) is 11.4 Å². The molecule has 1 aliphatic rings. The third-order valence-corrected chi connectivity index (χ3v) is 3.59. The zero-order chi connectivity index (χ0) is 16.4. The van der Waals surface area contributed by atoms with Crippen LogP contribution < -0.4 is 5.32 Å². The van der Waals surface area contributed by atoms with E-state index in [4.69, 9.17) is 4.84 Å². The number of nitrogens with zero attached hydrogens (tertiary/aromatic N) is 1. The van der Waals surface area contributed by atoms with Crippen molar-refractivity contribution in [3.8, 4) is 11.5 Å². The summed E-state index contributed by atoms with van der Waals surface area (Å²) in [5.74, 6) is -0.323. The Morgan fingerprint density at radius 2 is 2.00 bits per heavy atom. The van der Waals surface area contributed by atoms with Gasteiger partial charge in [0, 0.05) is 12.0 Å². The van der Waals surface area contributed by atoms with E-state index in [9.17, 15) is 15.0 Å². The minimum Gasteiger partial charge on any atom is -0.507 e. The van der Waals surface area contributed by atoms with Crippen molar-refractivity contribution in [3.63, 3.8) is 0 Å². The van der Waals surface area contributed by atoms with Crippen LogP contribution in [-0.4, -0.2) is 27.9 Å². The summed E-state index contributed by atoms with van der Waals surface area (Å²) in [4.78, 5) is 17.4. The van der Waals surface area contributed by atoms with Gasteiger partial charge in [-0.05, 0) is 36.8 Å². The Kier molecular flexibility index (Phi) is 3.89. The number of carbonyl (C=O) groups is 1. The Morgan fingerprint density at radius 1 is 1.22 bits per heavy atom. The summed E-state index contributed by atoms with van der Waals surface area (Å²) in [5, 5.41) is 26.1. The minimum atomic E-state index is -0.801.